The van der Waals surface area contributed by atoms with Crippen LogP contribution in [0, 0.1) is 0 Å². The predicted molar refractivity (Wildman–Crippen MR) is 142 cm³/mol. The number of aliphatic hydroxyl groups is 5. The Morgan fingerprint density at radius 3 is 2.00 bits per heavy atom. The van der Waals surface area contributed by atoms with Gasteiger partial charge in [-0.15, -0.1) is 0 Å². The van der Waals surface area contributed by atoms with Crippen molar-refractivity contribution in [3.8, 4) is 0 Å². The van der Waals surface area contributed by atoms with Crippen molar-refractivity contribution >= 4 is 51.3 Å². The van der Waals surface area contributed by atoms with Gasteiger partial charge in [-0.05, 0) is 12.8 Å². The fraction of sp³-hybridized carbons (Fsp3) is 0.762. The highest BCUT2D eigenvalue weighted by Gasteiger charge is 2.30. The van der Waals surface area contributed by atoms with E-state index in [0.717, 1.165) is 10.8 Å². The van der Waals surface area contributed by atoms with Crippen molar-refractivity contribution in [3.05, 3.63) is 0 Å². The lowest BCUT2D eigenvalue weighted by atomic mass is 10.0. The lowest BCUT2D eigenvalue weighted by Crippen LogP contribution is -2.50. The first kappa shape index (κ1) is 37.8. The molecular formula is C21H38N4O13S2. The molecule has 0 aromatic heterocycles. The van der Waals surface area contributed by atoms with Gasteiger partial charge in [-0.25, -0.2) is 4.79 Å². The number of aliphatic carboxylic acids is 2. The van der Waals surface area contributed by atoms with Crippen LogP contribution >= 0.6 is 21.6 Å². The van der Waals surface area contributed by atoms with Crippen LogP contribution in [0.4, 0.5) is 0 Å². The summed E-state index contributed by atoms with van der Waals surface area (Å²) in [5, 5.41) is 69.6. The topological polar surface area (TPSA) is 312 Å². The molecule has 2 amide bonds. The maximum Gasteiger partial charge on any atom is 0.327 e. The van der Waals surface area contributed by atoms with Crippen molar-refractivity contribution in [1.82, 2.24) is 10.6 Å². The van der Waals surface area contributed by atoms with Crippen molar-refractivity contribution in [2.45, 2.75) is 68.2 Å². The Hall–Kier alpha value is -2.23. The zero-order chi connectivity index (χ0) is 30.8. The van der Waals surface area contributed by atoms with E-state index < -0.39 is 85.4 Å². The van der Waals surface area contributed by atoms with Gasteiger partial charge >= 0.3 is 17.9 Å². The first-order chi connectivity index (χ1) is 18.7. The molecule has 0 aliphatic heterocycles. The van der Waals surface area contributed by atoms with Gasteiger partial charge in [0.05, 0.1) is 18.8 Å². The lowest BCUT2D eigenvalue weighted by molar-refractivity contribution is -0.144. The fourth-order valence-electron chi connectivity index (χ4n) is 2.70. The molecule has 0 saturated carbocycles. The highest BCUT2D eigenvalue weighted by Crippen LogP contribution is 2.22. The van der Waals surface area contributed by atoms with Gasteiger partial charge in [0.15, 0.2) is 0 Å². The third-order valence-corrected chi connectivity index (χ3v) is 7.57. The second-order valence-corrected chi connectivity index (χ2v) is 11.1. The van der Waals surface area contributed by atoms with Gasteiger partial charge in [0.1, 0.15) is 37.0 Å². The molecule has 0 aromatic rings. The molecule has 232 valence electrons. The summed E-state index contributed by atoms with van der Waals surface area (Å²) in [4.78, 5) is 57.8. The van der Waals surface area contributed by atoms with Gasteiger partial charge in [-0.1, -0.05) is 21.6 Å². The maximum atomic E-state index is 12.3. The molecule has 0 fully saturated rings. The first-order valence-corrected chi connectivity index (χ1v) is 14.5. The molecule has 0 aliphatic carbocycles. The monoisotopic (exact) mass is 618 g/mol. The average molecular weight is 619 g/mol. The van der Waals surface area contributed by atoms with Crippen molar-refractivity contribution < 1.29 is 64.5 Å². The summed E-state index contributed by atoms with van der Waals surface area (Å²) in [5.41, 5.74) is 11.0. The number of hydrogen-bond donors (Lipinski definition) is 11. The van der Waals surface area contributed by atoms with E-state index in [0.29, 0.717) is 5.75 Å². The third kappa shape index (κ3) is 16.1. The Morgan fingerprint density at radius 1 is 0.825 bits per heavy atom. The van der Waals surface area contributed by atoms with Crippen molar-refractivity contribution in [1.29, 1.82) is 0 Å². The molecule has 0 spiro atoms. The average Bonchev–Trinajstić information content (AvgIpc) is 2.92. The third-order valence-electron chi connectivity index (χ3n) is 5.19. The van der Waals surface area contributed by atoms with Gasteiger partial charge < -0.3 is 62.6 Å². The van der Waals surface area contributed by atoms with E-state index in [2.05, 4.69) is 10.6 Å². The maximum absolute atomic E-state index is 12.3. The summed E-state index contributed by atoms with van der Waals surface area (Å²) in [7, 11) is 2.26. The van der Waals surface area contributed by atoms with E-state index >= 15 is 0 Å². The summed E-state index contributed by atoms with van der Waals surface area (Å²) in [6.45, 7) is -1.37. The molecule has 0 rings (SSSR count). The van der Waals surface area contributed by atoms with Crippen LogP contribution in [-0.4, -0.2) is 139 Å². The number of esters is 1. The van der Waals surface area contributed by atoms with Gasteiger partial charge in [0.25, 0.3) is 0 Å². The molecule has 19 heteroatoms. The van der Waals surface area contributed by atoms with Gasteiger partial charge in [0.2, 0.25) is 11.8 Å². The molecule has 0 saturated heterocycles. The smallest absolute Gasteiger partial charge is 0.327 e. The van der Waals surface area contributed by atoms with E-state index in [1.807, 2.05) is 0 Å². The molecule has 0 unspecified atom stereocenters. The lowest BCUT2D eigenvalue weighted by Gasteiger charge is -2.25. The minimum absolute atomic E-state index is 0.00295. The zero-order valence-electron chi connectivity index (χ0n) is 21.5. The summed E-state index contributed by atoms with van der Waals surface area (Å²) >= 11 is 0. The number of amides is 2. The number of carbonyl (C=O) groups excluding carboxylic acids is 3. The largest absolute Gasteiger partial charge is 0.480 e. The predicted octanol–water partition coefficient (Wildman–Crippen LogP) is -4.67. The first-order valence-electron chi connectivity index (χ1n) is 12.0. The SMILES string of the molecule is N[C@@H](CCC(=O)OCCSSC[C@H](NC(=O)[C@@H](N)CCC(=O)NC[C@H](O)[C@@H](O)[C@H](O)[C@H](O)CO)C(=O)O)C(=O)O. The normalized spacial score (nSPS) is 16.5. The van der Waals surface area contributed by atoms with Crippen LogP contribution in [0.25, 0.3) is 0 Å². The number of rotatable bonds is 22. The van der Waals surface area contributed by atoms with Crippen molar-refractivity contribution in [2.24, 2.45) is 11.5 Å². The fourth-order valence-corrected chi connectivity index (χ4v) is 4.68. The molecule has 0 radical (unpaired) electrons. The number of hydrogen-bond acceptors (Lipinski definition) is 15. The summed E-state index contributed by atoms with van der Waals surface area (Å²) < 4.78 is 4.92. The van der Waals surface area contributed by atoms with E-state index in [-0.39, 0.29) is 38.0 Å². The number of nitrogens with one attached hydrogen (secondary N) is 2. The highest BCUT2D eigenvalue weighted by molar-refractivity contribution is 8.76. The highest BCUT2D eigenvalue weighted by atomic mass is 33.1. The standard InChI is InChI=1S/C21H38N4O13S2/c22-10(1-3-15(29)24-7-13(27)17(31)18(32)14(28)8-26)19(33)25-12(21(36)37)9-40-39-6-5-38-16(30)4-2-11(23)20(34)35/h10-14,17-18,26-28,31-32H,1-9,22-23H2,(H,24,29)(H,25,33)(H,34,35)(H,36,37)/t10-,11-,12-,13-,14+,17+,18+/m0/s1. The number of ether oxygens (including phenoxy) is 1. The molecular weight excluding hydrogens is 580 g/mol. The van der Waals surface area contributed by atoms with Gasteiger partial charge in [-0.2, -0.15) is 0 Å². The van der Waals surface area contributed by atoms with Crippen molar-refractivity contribution in [3.63, 3.8) is 0 Å². The molecule has 7 atom stereocenters. The Kier molecular flexibility index (Phi) is 19.5. The van der Waals surface area contributed by atoms with E-state index in [1.54, 1.807) is 0 Å². The molecule has 0 bridgehead atoms. The van der Waals surface area contributed by atoms with Crippen molar-refractivity contribution in [2.75, 3.05) is 31.3 Å². The van der Waals surface area contributed by atoms with Crippen LogP contribution in [0.1, 0.15) is 25.7 Å². The molecule has 0 heterocycles. The number of aliphatic hydroxyl groups excluding tert-OH is 5. The summed E-state index contributed by atoms with van der Waals surface area (Å²) in [5.74, 6) is -4.43. The Balaban J connectivity index is 4.30. The number of nitrogens with two attached hydrogens (primary N) is 2. The Bertz CT molecular complexity index is 825. The van der Waals surface area contributed by atoms with Crippen LogP contribution in [0.2, 0.25) is 0 Å². The van der Waals surface area contributed by atoms with Crippen LogP contribution in [0.3, 0.4) is 0 Å². The van der Waals surface area contributed by atoms with Crippen LogP contribution in [0.15, 0.2) is 0 Å². The molecule has 40 heavy (non-hydrogen) atoms. The van der Waals surface area contributed by atoms with E-state index in [4.69, 9.17) is 26.4 Å². The number of carbonyl (C=O) groups is 5. The van der Waals surface area contributed by atoms with Crippen LogP contribution < -0.4 is 22.1 Å². The molecule has 0 aliphatic rings. The van der Waals surface area contributed by atoms with E-state index in [9.17, 15) is 49.5 Å². The summed E-state index contributed by atoms with van der Waals surface area (Å²) in [6.07, 6.45) is -7.78. The second-order valence-electron chi connectivity index (χ2n) is 8.46. The second kappa shape index (κ2) is 20.6. The molecule has 13 N–H and O–H groups in total. The van der Waals surface area contributed by atoms with E-state index in [1.165, 1.54) is 10.8 Å². The Labute approximate surface area is 237 Å². The zero-order valence-corrected chi connectivity index (χ0v) is 23.1. The van der Waals surface area contributed by atoms with Gasteiger partial charge in [0, 0.05) is 30.9 Å². The summed E-state index contributed by atoms with van der Waals surface area (Å²) in [6, 6.07) is -3.71. The number of carboxylic acid groups (broad SMARTS) is 2. The van der Waals surface area contributed by atoms with Crippen LogP contribution in [-0.2, 0) is 28.7 Å². The minimum atomic E-state index is -1.86. The molecule has 17 nitrogen and oxygen atoms in total. The quantitative estimate of drug-likeness (QED) is 0.0308. The Morgan fingerprint density at radius 2 is 1.43 bits per heavy atom. The minimum Gasteiger partial charge on any atom is -0.480 e. The van der Waals surface area contributed by atoms with Crippen LogP contribution in [0.5, 0.6) is 0 Å². The molecule has 0 aromatic carbocycles. The van der Waals surface area contributed by atoms with Gasteiger partial charge in [-0.3, -0.25) is 19.2 Å². The number of carboxylic acids is 2.